The number of unbranched alkanes of at least 4 members (excludes halogenated alkanes) is 1. The minimum Gasteiger partial charge on any atom is -0.293 e. The lowest BCUT2D eigenvalue weighted by Crippen LogP contribution is -1.94. The smallest absolute Gasteiger partial charge is 0.172 e. The second-order valence-corrected chi connectivity index (χ2v) is 4.42. The number of thiophene rings is 1. The lowest BCUT2D eigenvalue weighted by atomic mass is 10.1. The Kier molecular flexibility index (Phi) is 4.19. The van der Waals surface area contributed by atoms with E-state index in [1.165, 1.54) is 11.3 Å². The number of carbonyl (C=O) groups excluding carboxylic acids is 1. The number of halogens is 1. The zero-order chi connectivity index (χ0) is 9.68. The fourth-order valence-electron chi connectivity index (χ4n) is 0.994. The molecule has 0 spiro atoms. The van der Waals surface area contributed by atoms with Gasteiger partial charge < -0.3 is 0 Å². The lowest BCUT2D eigenvalue weighted by Gasteiger charge is -1.94. The van der Waals surface area contributed by atoms with Gasteiger partial charge in [0.25, 0.3) is 0 Å². The Morgan fingerprint density at radius 1 is 1.62 bits per heavy atom. The van der Waals surface area contributed by atoms with Crippen LogP contribution in [0.25, 0.3) is 0 Å². The average molecular weight is 215 g/mol. The van der Waals surface area contributed by atoms with Gasteiger partial charge in [-0.05, 0) is 25.0 Å². The third-order valence-electron chi connectivity index (χ3n) is 1.66. The average Bonchev–Trinajstić information content (AvgIpc) is 2.52. The van der Waals surface area contributed by atoms with Gasteiger partial charge in [-0.3, -0.25) is 4.79 Å². The molecule has 0 amide bonds. The molecule has 0 aliphatic heterocycles. The molecular formula is C10H11ClOS. The fraction of sp³-hybridized carbons (Fsp3) is 0.300. The fourth-order valence-corrected chi connectivity index (χ4v) is 2.00. The van der Waals surface area contributed by atoms with Crippen LogP contribution in [-0.4, -0.2) is 5.78 Å². The van der Waals surface area contributed by atoms with Gasteiger partial charge in [-0.15, -0.1) is 17.9 Å². The summed E-state index contributed by atoms with van der Waals surface area (Å²) >= 11 is 7.06. The van der Waals surface area contributed by atoms with Gasteiger partial charge in [-0.2, -0.15) is 0 Å². The predicted octanol–water partition coefficient (Wildman–Crippen LogP) is 3.94. The van der Waals surface area contributed by atoms with Gasteiger partial charge in [-0.25, -0.2) is 0 Å². The molecule has 0 atom stereocenters. The number of carbonyl (C=O) groups is 1. The van der Waals surface area contributed by atoms with Crippen LogP contribution in [0, 0.1) is 0 Å². The van der Waals surface area contributed by atoms with Crippen LogP contribution in [-0.2, 0) is 0 Å². The van der Waals surface area contributed by atoms with E-state index in [1.807, 2.05) is 6.08 Å². The number of ketones is 1. The normalized spacial score (nSPS) is 9.92. The Bertz CT molecular complexity index is 304. The van der Waals surface area contributed by atoms with Crippen LogP contribution in [0.4, 0.5) is 0 Å². The molecule has 13 heavy (non-hydrogen) atoms. The molecule has 0 unspecified atom stereocenters. The Hall–Kier alpha value is -0.600. The monoisotopic (exact) mass is 214 g/mol. The second-order valence-electron chi connectivity index (χ2n) is 2.71. The first-order valence-electron chi connectivity index (χ1n) is 4.13. The number of Topliss-reactive ketones (excluding diaryl/α,β-unsaturated/α-hetero) is 1. The maximum absolute atomic E-state index is 11.5. The third kappa shape index (κ3) is 3.33. The molecule has 0 radical (unpaired) electrons. The summed E-state index contributed by atoms with van der Waals surface area (Å²) in [7, 11) is 0. The Morgan fingerprint density at radius 3 is 2.92 bits per heavy atom. The van der Waals surface area contributed by atoms with Crippen LogP contribution in [0.2, 0.25) is 4.34 Å². The van der Waals surface area contributed by atoms with E-state index < -0.39 is 0 Å². The van der Waals surface area contributed by atoms with E-state index in [-0.39, 0.29) is 5.78 Å². The molecule has 1 aromatic heterocycles. The molecule has 3 heteroatoms. The van der Waals surface area contributed by atoms with Gasteiger partial charge in [0.15, 0.2) is 5.78 Å². The van der Waals surface area contributed by atoms with Crippen molar-refractivity contribution in [3.05, 3.63) is 34.0 Å². The van der Waals surface area contributed by atoms with Crippen molar-refractivity contribution in [2.75, 3.05) is 0 Å². The number of rotatable bonds is 5. The first-order chi connectivity index (χ1) is 6.24. The first-order valence-corrected chi connectivity index (χ1v) is 5.33. The largest absolute Gasteiger partial charge is 0.293 e. The molecule has 0 saturated carbocycles. The van der Waals surface area contributed by atoms with Gasteiger partial charge in [0.2, 0.25) is 0 Å². The SMILES string of the molecule is C=CCCCC(=O)c1ccc(Cl)s1. The highest BCUT2D eigenvalue weighted by Gasteiger charge is 2.07. The van der Waals surface area contributed by atoms with Crippen LogP contribution in [0.1, 0.15) is 28.9 Å². The van der Waals surface area contributed by atoms with Crippen molar-refractivity contribution in [3.8, 4) is 0 Å². The molecule has 1 aromatic rings. The van der Waals surface area contributed by atoms with E-state index in [0.717, 1.165) is 17.7 Å². The second kappa shape index (κ2) is 5.20. The predicted molar refractivity (Wildman–Crippen MR) is 57.7 cm³/mol. The van der Waals surface area contributed by atoms with E-state index in [2.05, 4.69) is 6.58 Å². The maximum Gasteiger partial charge on any atom is 0.172 e. The molecule has 0 bridgehead atoms. The molecule has 1 nitrogen and oxygen atoms in total. The Morgan fingerprint density at radius 2 is 2.38 bits per heavy atom. The minimum absolute atomic E-state index is 0.179. The maximum atomic E-state index is 11.5. The van der Waals surface area contributed by atoms with Gasteiger partial charge in [0.1, 0.15) is 0 Å². The number of hydrogen-bond acceptors (Lipinski definition) is 2. The van der Waals surface area contributed by atoms with Crippen molar-refractivity contribution in [2.24, 2.45) is 0 Å². The molecule has 70 valence electrons. The van der Waals surface area contributed by atoms with Crippen molar-refractivity contribution in [1.29, 1.82) is 0 Å². The Labute approximate surface area is 87.0 Å². The molecule has 1 rings (SSSR count). The summed E-state index contributed by atoms with van der Waals surface area (Å²) < 4.78 is 0.673. The van der Waals surface area contributed by atoms with Gasteiger partial charge in [0, 0.05) is 6.42 Å². The first kappa shape index (κ1) is 10.5. The van der Waals surface area contributed by atoms with E-state index in [9.17, 15) is 4.79 Å². The molecule has 0 N–H and O–H groups in total. The highest BCUT2D eigenvalue weighted by Crippen LogP contribution is 2.23. The quantitative estimate of drug-likeness (QED) is 0.412. The van der Waals surface area contributed by atoms with Crippen molar-refractivity contribution < 1.29 is 4.79 Å². The highest BCUT2D eigenvalue weighted by atomic mass is 35.5. The van der Waals surface area contributed by atoms with Crippen LogP contribution >= 0.6 is 22.9 Å². The molecular weight excluding hydrogens is 204 g/mol. The van der Waals surface area contributed by atoms with Crippen LogP contribution in [0.5, 0.6) is 0 Å². The van der Waals surface area contributed by atoms with Crippen LogP contribution in [0.3, 0.4) is 0 Å². The summed E-state index contributed by atoms with van der Waals surface area (Å²) in [6.07, 6.45) is 4.18. The lowest BCUT2D eigenvalue weighted by molar-refractivity contribution is 0.0984. The summed E-state index contributed by atoms with van der Waals surface area (Å²) in [5.74, 6) is 0.179. The molecule has 0 fully saturated rings. The van der Waals surface area contributed by atoms with Crippen LogP contribution < -0.4 is 0 Å². The van der Waals surface area contributed by atoms with Crippen molar-refractivity contribution in [1.82, 2.24) is 0 Å². The molecule has 0 saturated heterocycles. The number of allylic oxidation sites excluding steroid dienone is 1. The van der Waals surface area contributed by atoms with Crippen molar-refractivity contribution in [2.45, 2.75) is 19.3 Å². The molecule has 1 heterocycles. The van der Waals surface area contributed by atoms with E-state index in [4.69, 9.17) is 11.6 Å². The summed E-state index contributed by atoms with van der Waals surface area (Å²) in [5, 5.41) is 0. The molecule has 0 aromatic carbocycles. The third-order valence-corrected chi connectivity index (χ3v) is 2.93. The molecule has 0 aliphatic rings. The van der Waals surface area contributed by atoms with Gasteiger partial charge >= 0.3 is 0 Å². The summed E-state index contributed by atoms with van der Waals surface area (Å²) in [6.45, 7) is 3.60. The zero-order valence-corrected chi connectivity index (χ0v) is 8.83. The van der Waals surface area contributed by atoms with E-state index in [1.54, 1.807) is 12.1 Å². The van der Waals surface area contributed by atoms with Crippen molar-refractivity contribution >= 4 is 28.7 Å². The minimum atomic E-state index is 0.179. The van der Waals surface area contributed by atoms with Crippen molar-refractivity contribution in [3.63, 3.8) is 0 Å². The summed E-state index contributed by atoms with van der Waals surface area (Å²) in [5.41, 5.74) is 0. The zero-order valence-electron chi connectivity index (χ0n) is 7.25. The van der Waals surface area contributed by atoms with Crippen LogP contribution in [0.15, 0.2) is 24.8 Å². The molecule has 0 aliphatic carbocycles. The number of hydrogen-bond donors (Lipinski definition) is 0. The van der Waals surface area contributed by atoms with Gasteiger partial charge in [0.05, 0.1) is 9.21 Å². The Balaban J connectivity index is 2.44. The summed E-state index contributed by atoms with van der Waals surface area (Å²) in [6, 6.07) is 3.54. The van der Waals surface area contributed by atoms with E-state index in [0.29, 0.717) is 10.8 Å². The standard InChI is InChI=1S/C10H11ClOS/c1-2-3-4-5-8(12)9-6-7-10(11)13-9/h2,6-7H,1,3-5H2. The topological polar surface area (TPSA) is 17.1 Å². The summed E-state index contributed by atoms with van der Waals surface area (Å²) in [4.78, 5) is 12.2. The van der Waals surface area contributed by atoms with E-state index >= 15 is 0 Å². The highest BCUT2D eigenvalue weighted by molar-refractivity contribution is 7.18. The van der Waals surface area contributed by atoms with Gasteiger partial charge in [-0.1, -0.05) is 17.7 Å².